The SMILES string of the molecule is COc1ccc(C=CC(=O)N2CCN(C(=O)C3CCC(=O)N3)CC2)cc1. The summed E-state index contributed by atoms with van der Waals surface area (Å²) < 4.78 is 5.11. The molecule has 0 radical (unpaired) electrons. The third-order valence-electron chi connectivity index (χ3n) is 4.73. The Balaban J connectivity index is 1.49. The van der Waals surface area contributed by atoms with Crippen LogP contribution in [0.4, 0.5) is 0 Å². The van der Waals surface area contributed by atoms with Crippen molar-refractivity contribution in [2.45, 2.75) is 18.9 Å². The first-order valence-corrected chi connectivity index (χ1v) is 8.76. The minimum atomic E-state index is -0.403. The van der Waals surface area contributed by atoms with Gasteiger partial charge >= 0.3 is 0 Å². The van der Waals surface area contributed by atoms with E-state index in [9.17, 15) is 14.4 Å². The Hall–Kier alpha value is -2.83. The molecule has 1 aromatic rings. The van der Waals surface area contributed by atoms with Crippen LogP contribution in [0.3, 0.4) is 0 Å². The van der Waals surface area contributed by atoms with Crippen molar-refractivity contribution in [2.75, 3.05) is 33.3 Å². The topological polar surface area (TPSA) is 79.0 Å². The highest BCUT2D eigenvalue weighted by molar-refractivity contribution is 5.93. The Morgan fingerprint density at radius 3 is 2.35 bits per heavy atom. The van der Waals surface area contributed by atoms with Gasteiger partial charge in [-0.2, -0.15) is 0 Å². The van der Waals surface area contributed by atoms with Crippen LogP contribution < -0.4 is 10.1 Å². The predicted molar refractivity (Wildman–Crippen MR) is 96.4 cm³/mol. The smallest absolute Gasteiger partial charge is 0.246 e. The van der Waals surface area contributed by atoms with Crippen LogP contribution in [0.15, 0.2) is 30.3 Å². The summed E-state index contributed by atoms with van der Waals surface area (Å²) in [5, 5.41) is 2.70. The molecule has 7 heteroatoms. The second-order valence-electron chi connectivity index (χ2n) is 6.42. The van der Waals surface area contributed by atoms with Crippen molar-refractivity contribution < 1.29 is 19.1 Å². The number of hydrogen-bond acceptors (Lipinski definition) is 4. The second kappa shape index (κ2) is 8.03. The van der Waals surface area contributed by atoms with E-state index in [1.807, 2.05) is 24.3 Å². The molecule has 2 fully saturated rings. The molecule has 1 atom stereocenters. The zero-order valence-electron chi connectivity index (χ0n) is 14.8. The number of hydrogen-bond donors (Lipinski definition) is 1. The van der Waals surface area contributed by atoms with Crippen molar-refractivity contribution >= 4 is 23.8 Å². The van der Waals surface area contributed by atoms with Crippen molar-refractivity contribution in [1.82, 2.24) is 15.1 Å². The van der Waals surface area contributed by atoms with Gasteiger partial charge in [-0.15, -0.1) is 0 Å². The minimum absolute atomic E-state index is 0.0447. The van der Waals surface area contributed by atoms with Gasteiger partial charge in [0.15, 0.2) is 0 Å². The van der Waals surface area contributed by atoms with E-state index in [2.05, 4.69) is 5.32 Å². The van der Waals surface area contributed by atoms with Crippen LogP contribution in [0.1, 0.15) is 18.4 Å². The minimum Gasteiger partial charge on any atom is -0.497 e. The predicted octanol–water partition coefficient (Wildman–Crippen LogP) is 0.658. The summed E-state index contributed by atoms with van der Waals surface area (Å²) in [6.07, 6.45) is 4.29. The van der Waals surface area contributed by atoms with Gasteiger partial charge in [0.1, 0.15) is 11.8 Å². The maximum absolute atomic E-state index is 12.4. The molecule has 0 saturated carbocycles. The highest BCUT2D eigenvalue weighted by Crippen LogP contribution is 2.14. The molecule has 3 amide bonds. The van der Waals surface area contributed by atoms with Crippen LogP contribution in [0.2, 0.25) is 0 Å². The van der Waals surface area contributed by atoms with Crippen molar-refractivity contribution in [3.63, 3.8) is 0 Å². The first-order valence-electron chi connectivity index (χ1n) is 8.76. The average molecular weight is 357 g/mol. The van der Waals surface area contributed by atoms with Crippen molar-refractivity contribution in [3.05, 3.63) is 35.9 Å². The van der Waals surface area contributed by atoms with E-state index < -0.39 is 6.04 Å². The number of rotatable bonds is 4. The van der Waals surface area contributed by atoms with Gasteiger partial charge < -0.3 is 19.9 Å². The molecule has 7 nitrogen and oxygen atoms in total. The van der Waals surface area contributed by atoms with Gasteiger partial charge in [0.05, 0.1) is 7.11 Å². The van der Waals surface area contributed by atoms with E-state index in [0.717, 1.165) is 11.3 Å². The first kappa shape index (κ1) is 18.0. The highest BCUT2D eigenvalue weighted by Gasteiger charge is 2.32. The third kappa shape index (κ3) is 4.22. The lowest BCUT2D eigenvalue weighted by Crippen LogP contribution is -2.54. The lowest BCUT2D eigenvalue weighted by atomic mass is 10.1. The number of nitrogens with zero attached hydrogens (tertiary/aromatic N) is 2. The molecule has 0 aromatic heterocycles. The van der Waals surface area contributed by atoms with Crippen LogP contribution >= 0.6 is 0 Å². The molecule has 1 aromatic carbocycles. The lowest BCUT2D eigenvalue weighted by molar-refractivity contribution is -0.139. The highest BCUT2D eigenvalue weighted by atomic mass is 16.5. The summed E-state index contributed by atoms with van der Waals surface area (Å²) in [5.41, 5.74) is 0.921. The van der Waals surface area contributed by atoms with E-state index in [-0.39, 0.29) is 17.7 Å². The van der Waals surface area contributed by atoms with E-state index in [1.54, 1.807) is 29.1 Å². The zero-order chi connectivity index (χ0) is 18.5. The number of piperazine rings is 1. The fraction of sp³-hybridized carbons (Fsp3) is 0.421. The fourth-order valence-corrected chi connectivity index (χ4v) is 3.15. The molecular formula is C19H23N3O4. The number of ether oxygens (including phenoxy) is 1. The molecule has 2 aliphatic rings. The maximum atomic E-state index is 12.4. The van der Waals surface area contributed by atoms with Crippen LogP contribution in [0, 0.1) is 0 Å². The van der Waals surface area contributed by atoms with Gasteiger partial charge in [-0.1, -0.05) is 12.1 Å². The van der Waals surface area contributed by atoms with Gasteiger partial charge in [-0.25, -0.2) is 0 Å². The summed E-state index contributed by atoms with van der Waals surface area (Å²) in [7, 11) is 1.61. The molecule has 3 rings (SSSR count). The molecule has 2 saturated heterocycles. The van der Waals surface area contributed by atoms with E-state index in [0.29, 0.717) is 39.0 Å². The summed E-state index contributed by atoms with van der Waals surface area (Å²) in [5.74, 6) is 0.590. The van der Waals surface area contributed by atoms with Crippen molar-refractivity contribution in [1.29, 1.82) is 0 Å². The summed E-state index contributed by atoms with van der Waals surface area (Å²) >= 11 is 0. The Morgan fingerprint density at radius 1 is 1.12 bits per heavy atom. The molecule has 2 aliphatic heterocycles. The van der Waals surface area contributed by atoms with Gasteiger partial charge in [0.25, 0.3) is 0 Å². The van der Waals surface area contributed by atoms with Crippen LogP contribution in [0.5, 0.6) is 5.75 Å². The molecular weight excluding hydrogens is 334 g/mol. The largest absolute Gasteiger partial charge is 0.497 e. The van der Waals surface area contributed by atoms with Gasteiger partial charge in [0, 0.05) is 38.7 Å². The van der Waals surface area contributed by atoms with Crippen molar-refractivity contribution in [3.8, 4) is 5.75 Å². The van der Waals surface area contributed by atoms with Crippen molar-refractivity contribution in [2.24, 2.45) is 0 Å². The molecule has 0 bridgehead atoms. The van der Waals surface area contributed by atoms with Gasteiger partial charge in [-0.05, 0) is 30.2 Å². The van der Waals surface area contributed by atoms with Gasteiger partial charge in [0.2, 0.25) is 17.7 Å². The molecule has 2 heterocycles. The second-order valence-corrected chi connectivity index (χ2v) is 6.42. The summed E-state index contributed by atoms with van der Waals surface area (Å²) in [4.78, 5) is 39.4. The average Bonchev–Trinajstić information content (AvgIpc) is 3.12. The Labute approximate surface area is 152 Å². The molecule has 1 unspecified atom stereocenters. The number of carbonyl (C=O) groups excluding carboxylic acids is 3. The van der Waals surface area contributed by atoms with E-state index in [4.69, 9.17) is 4.74 Å². The maximum Gasteiger partial charge on any atom is 0.246 e. The van der Waals surface area contributed by atoms with E-state index in [1.165, 1.54) is 0 Å². The third-order valence-corrected chi connectivity index (χ3v) is 4.73. The quantitative estimate of drug-likeness (QED) is 0.803. The first-order chi connectivity index (χ1) is 12.6. The molecule has 1 N–H and O–H groups in total. The Kier molecular flexibility index (Phi) is 5.55. The Morgan fingerprint density at radius 2 is 1.77 bits per heavy atom. The number of benzene rings is 1. The zero-order valence-corrected chi connectivity index (χ0v) is 14.8. The number of carbonyl (C=O) groups is 3. The molecule has 138 valence electrons. The molecule has 0 aliphatic carbocycles. The number of amides is 3. The standard InChI is InChI=1S/C19H23N3O4/c1-26-15-5-2-14(3-6-15)4-9-18(24)21-10-12-22(13-11-21)19(25)16-7-8-17(23)20-16/h2-6,9,16H,7-8,10-13H2,1H3,(H,20,23). The molecule has 0 spiro atoms. The van der Waals surface area contributed by atoms with Crippen LogP contribution in [-0.2, 0) is 14.4 Å². The van der Waals surface area contributed by atoms with E-state index >= 15 is 0 Å². The lowest BCUT2D eigenvalue weighted by Gasteiger charge is -2.35. The summed E-state index contributed by atoms with van der Waals surface area (Å²) in [6.45, 7) is 1.98. The van der Waals surface area contributed by atoms with Crippen LogP contribution in [0.25, 0.3) is 6.08 Å². The normalized spacial score (nSPS) is 20.3. The van der Waals surface area contributed by atoms with Gasteiger partial charge in [-0.3, -0.25) is 14.4 Å². The summed E-state index contributed by atoms with van der Waals surface area (Å²) in [6, 6.07) is 7.05. The fourth-order valence-electron chi connectivity index (χ4n) is 3.15. The Bertz CT molecular complexity index is 706. The number of methoxy groups -OCH3 is 1. The monoisotopic (exact) mass is 357 g/mol. The number of nitrogens with one attached hydrogen (secondary N) is 1. The van der Waals surface area contributed by atoms with Crippen LogP contribution in [-0.4, -0.2) is 66.9 Å². The molecule has 26 heavy (non-hydrogen) atoms.